The lowest BCUT2D eigenvalue weighted by atomic mass is 10.1. The van der Waals surface area contributed by atoms with Gasteiger partial charge in [0, 0.05) is 48.1 Å². The maximum atomic E-state index is 12.7. The summed E-state index contributed by atoms with van der Waals surface area (Å²) in [6, 6.07) is 3.47. The Balaban J connectivity index is 2.67. The van der Waals surface area contributed by atoms with E-state index in [0.717, 1.165) is 4.90 Å². The Morgan fingerprint density at radius 2 is 1.81 bits per heavy atom. The molecule has 140 valence electrons. The van der Waals surface area contributed by atoms with E-state index in [1.54, 1.807) is 6.92 Å². The number of carbonyl (C=O) groups is 3. The smallest absolute Gasteiger partial charge is 0.307 e. The number of fused-ring (bicyclic) bond motifs is 1. The summed E-state index contributed by atoms with van der Waals surface area (Å²) in [4.78, 5) is 51.2. The van der Waals surface area contributed by atoms with Crippen LogP contribution < -0.4 is 9.80 Å². The van der Waals surface area contributed by atoms with Gasteiger partial charge >= 0.3 is 5.69 Å². The van der Waals surface area contributed by atoms with Gasteiger partial charge in [0.05, 0.1) is 16.3 Å². The Kier molecular flexibility index (Phi) is 6.87. The van der Waals surface area contributed by atoms with E-state index in [4.69, 9.17) is 0 Å². The molecular formula is C16H18Br2N3O5+. The van der Waals surface area contributed by atoms with E-state index >= 15 is 0 Å². The molecule has 0 fully saturated rings. The van der Waals surface area contributed by atoms with Crippen molar-refractivity contribution in [3.63, 3.8) is 0 Å². The summed E-state index contributed by atoms with van der Waals surface area (Å²) in [5.74, 6) is -1.09. The van der Waals surface area contributed by atoms with Gasteiger partial charge in [0.2, 0.25) is 17.7 Å². The molecule has 1 aromatic rings. The number of alkyl halides is 2. The quantitative estimate of drug-likeness (QED) is 0.504. The van der Waals surface area contributed by atoms with Crippen molar-refractivity contribution in [2.75, 3.05) is 20.5 Å². The van der Waals surface area contributed by atoms with Crippen LogP contribution in [0.2, 0.25) is 0 Å². The fraction of sp³-hybridized carbons (Fsp3) is 0.438. The molecule has 26 heavy (non-hydrogen) atoms. The summed E-state index contributed by atoms with van der Waals surface area (Å²) in [6.07, 6.45) is 0.244. The van der Waals surface area contributed by atoms with Crippen molar-refractivity contribution < 1.29 is 24.5 Å². The summed E-state index contributed by atoms with van der Waals surface area (Å²) >= 11 is 6.40. The first-order chi connectivity index (χ1) is 12.3. The van der Waals surface area contributed by atoms with E-state index in [0.29, 0.717) is 10.7 Å². The van der Waals surface area contributed by atoms with E-state index in [1.807, 2.05) is 0 Å². The second kappa shape index (κ2) is 8.72. The summed E-state index contributed by atoms with van der Waals surface area (Å²) in [7, 11) is 0. The number of carbonyl (C=O) groups excluding carboxylic acids is 3. The summed E-state index contributed by atoms with van der Waals surface area (Å²) in [5.41, 5.74) is 0.360. The van der Waals surface area contributed by atoms with Crippen LogP contribution in [-0.4, -0.2) is 44.6 Å². The molecule has 10 heteroatoms. The Labute approximate surface area is 166 Å². The minimum absolute atomic E-state index is 0.0354. The molecule has 1 aliphatic rings. The third kappa shape index (κ3) is 4.12. The van der Waals surface area contributed by atoms with Crippen molar-refractivity contribution in [3.8, 4) is 0 Å². The van der Waals surface area contributed by atoms with E-state index in [9.17, 15) is 24.5 Å². The zero-order valence-corrected chi connectivity index (χ0v) is 17.2. The van der Waals surface area contributed by atoms with Crippen molar-refractivity contribution in [2.24, 2.45) is 0 Å². The first-order valence-corrected chi connectivity index (χ1v) is 10.2. The lowest BCUT2D eigenvalue weighted by molar-refractivity contribution is -0.729. The van der Waals surface area contributed by atoms with E-state index in [1.165, 1.54) is 23.1 Å². The predicted molar refractivity (Wildman–Crippen MR) is 102 cm³/mol. The Morgan fingerprint density at radius 1 is 1.19 bits per heavy atom. The van der Waals surface area contributed by atoms with Gasteiger partial charge in [-0.15, -0.1) is 0 Å². The van der Waals surface area contributed by atoms with E-state index in [-0.39, 0.29) is 47.2 Å². The topological polar surface area (TPSA) is 98.0 Å². The van der Waals surface area contributed by atoms with Gasteiger partial charge in [0.15, 0.2) is 0 Å². The Morgan fingerprint density at radius 3 is 2.38 bits per heavy atom. The van der Waals surface area contributed by atoms with Gasteiger partial charge in [-0.3, -0.25) is 14.4 Å². The molecular weight excluding hydrogens is 474 g/mol. The second-order valence-corrected chi connectivity index (χ2v) is 7.35. The number of halogens is 2. The van der Waals surface area contributed by atoms with Crippen molar-refractivity contribution in [3.05, 3.63) is 23.1 Å². The molecule has 1 unspecified atom stereocenters. The highest BCUT2D eigenvalue weighted by molar-refractivity contribution is 9.09. The zero-order valence-electron chi connectivity index (χ0n) is 14.0. The number of hydrogen-bond donors (Lipinski definition) is 1. The molecule has 0 spiro atoms. The molecule has 0 bridgehead atoms. The first-order valence-electron chi connectivity index (χ1n) is 7.91. The summed E-state index contributed by atoms with van der Waals surface area (Å²) in [5, 5.41) is 10.0. The fourth-order valence-electron chi connectivity index (χ4n) is 2.87. The lowest BCUT2D eigenvalue weighted by Gasteiger charge is -2.27. The molecule has 8 nitrogen and oxygen atoms in total. The van der Waals surface area contributed by atoms with Crippen molar-refractivity contribution in [1.82, 2.24) is 0 Å². The number of rotatable bonds is 5. The number of hydrogen-bond acceptors (Lipinski definition) is 4. The molecule has 0 aliphatic carbocycles. The molecule has 1 N–H and O–H groups in total. The van der Waals surface area contributed by atoms with Gasteiger partial charge in [-0.1, -0.05) is 31.9 Å². The largest absolute Gasteiger partial charge is 0.318 e. The van der Waals surface area contributed by atoms with Gasteiger partial charge in [-0.2, -0.15) is 0 Å². The maximum absolute atomic E-state index is 12.7. The van der Waals surface area contributed by atoms with Gasteiger partial charge in [0.25, 0.3) is 4.92 Å². The van der Waals surface area contributed by atoms with Crippen molar-refractivity contribution in [1.29, 1.82) is 0 Å². The highest BCUT2D eigenvalue weighted by Gasteiger charge is 2.37. The third-order valence-electron chi connectivity index (χ3n) is 3.98. The highest BCUT2D eigenvalue weighted by atomic mass is 79.9. The number of benzene rings is 1. The summed E-state index contributed by atoms with van der Waals surface area (Å²) < 4.78 is 0. The van der Waals surface area contributed by atoms with E-state index in [2.05, 4.69) is 31.9 Å². The van der Waals surface area contributed by atoms with Crippen molar-refractivity contribution in [2.45, 2.75) is 32.2 Å². The van der Waals surface area contributed by atoms with Gasteiger partial charge in [-0.05, 0) is 13.0 Å². The number of anilines is 2. The first kappa shape index (κ1) is 20.5. The Bertz CT molecular complexity index is 755. The molecule has 1 aromatic carbocycles. The van der Waals surface area contributed by atoms with Crippen LogP contribution >= 0.6 is 31.9 Å². The van der Waals surface area contributed by atoms with Crippen LogP contribution in [0.25, 0.3) is 0 Å². The van der Waals surface area contributed by atoms with Gasteiger partial charge in [-0.25, -0.2) is 10.1 Å². The monoisotopic (exact) mass is 490 g/mol. The van der Waals surface area contributed by atoms with Gasteiger partial charge in [0.1, 0.15) is 0 Å². The number of nitrogens with zero attached hydrogens (tertiary/aromatic N) is 3. The van der Waals surface area contributed by atoms with Crippen molar-refractivity contribution >= 4 is 66.6 Å². The van der Waals surface area contributed by atoms with Crippen LogP contribution in [0.3, 0.4) is 0 Å². The molecule has 0 saturated carbocycles. The number of amides is 3. The minimum Gasteiger partial charge on any atom is -0.307 e. The highest BCUT2D eigenvalue weighted by Crippen LogP contribution is 2.38. The molecule has 0 saturated heterocycles. The standard InChI is InChI=1S/C16H18Br2N3O5/c1-10-8-16(24)20(15(23)5-7-18)12-3-2-11(21(25)26)9-13(12)19(10)14(22)4-6-17/h2-3,9-10H,4-8H2,1H3,(H,25,26)/q+1. The minimum atomic E-state index is -0.511. The second-order valence-electron chi connectivity index (χ2n) is 5.76. The van der Waals surface area contributed by atoms with Crippen LogP contribution in [0.1, 0.15) is 26.2 Å². The molecule has 0 radical (unpaired) electrons. The SMILES string of the molecule is CC1CC(=O)N(C(=O)CCBr)c2ccc([N+](=O)O)cc2N1C(=O)CCBr. The fourth-order valence-corrected chi connectivity index (χ4v) is 3.55. The molecule has 1 atom stereocenters. The summed E-state index contributed by atoms with van der Waals surface area (Å²) in [6.45, 7) is 1.70. The van der Waals surface area contributed by atoms with Crippen LogP contribution in [0.5, 0.6) is 0 Å². The average molecular weight is 492 g/mol. The lowest BCUT2D eigenvalue weighted by Crippen LogP contribution is -2.40. The van der Waals surface area contributed by atoms with Crippen LogP contribution in [0.4, 0.5) is 17.1 Å². The van der Waals surface area contributed by atoms with Crippen LogP contribution in [-0.2, 0) is 14.4 Å². The molecule has 1 aliphatic heterocycles. The molecule has 0 aromatic heterocycles. The molecule has 1 heterocycles. The third-order valence-corrected chi connectivity index (χ3v) is 4.77. The molecule has 3 amide bonds. The maximum Gasteiger partial charge on any atom is 0.318 e. The van der Waals surface area contributed by atoms with Crippen LogP contribution in [0, 0.1) is 4.91 Å². The van der Waals surface area contributed by atoms with E-state index < -0.39 is 17.9 Å². The predicted octanol–water partition coefficient (Wildman–Crippen LogP) is 3.04. The normalized spacial score (nSPS) is 16.9. The van der Waals surface area contributed by atoms with Gasteiger partial charge < -0.3 is 4.90 Å². The Hall–Kier alpha value is -1.81. The average Bonchev–Trinajstić information content (AvgIpc) is 2.67. The number of imide groups is 1. The van der Waals surface area contributed by atoms with Crippen LogP contribution in [0.15, 0.2) is 18.2 Å². The zero-order chi connectivity index (χ0) is 19.4. The molecule has 2 rings (SSSR count).